The van der Waals surface area contributed by atoms with E-state index in [1.54, 1.807) is 13.8 Å². The molecule has 2 fully saturated rings. The number of aldehydes is 1. The molecule has 0 aliphatic heterocycles. The summed E-state index contributed by atoms with van der Waals surface area (Å²) in [6.07, 6.45) is 2.83. The normalized spacial score (nSPS) is 26.7. The molecule has 128 valence electrons. The predicted octanol–water partition coefficient (Wildman–Crippen LogP) is 4.42. The number of hydrogen-bond acceptors (Lipinski definition) is 2. The molecule has 0 heterocycles. The average molecular weight is 332 g/mol. The van der Waals surface area contributed by atoms with Crippen molar-refractivity contribution in [2.45, 2.75) is 32.1 Å². The summed E-state index contributed by atoms with van der Waals surface area (Å²) in [6, 6.07) is 21.3. The molecular formula is C23H24O2. The summed E-state index contributed by atoms with van der Waals surface area (Å²) in [5.41, 5.74) is 1.88. The minimum Gasteiger partial charge on any atom is -0.302 e. The lowest BCUT2D eigenvalue weighted by Crippen LogP contribution is -2.28. The highest BCUT2D eigenvalue weighted by Gasteiger charge is 2.66. The van der Waals surface area contributed by atoms with Gasteiger partial charge in [-0.15, -0.1) is 0 Å². The Bertz CT molecular complexity index is 752. The van der Waals surface area contributed by atoms with Gasteiger partial charge in [0.25, 0.3) is 0 Å². The van der Waals surface area contributed by atoms with Crippen LogP contribution in [-0.4, -0.2) is 12.1 Å². The van der Waals surface area contributed by atoms with Gasteiger partial charge < -0.3 is 4.79 Å². The molecular weight excluding hydrogens is 308 g/mol. The smallest absolute Gasteiger partial charge is 0.148 e. The Labute approximate surface area is 149 Å². The third-order valence-electron chi connectivity index (χ3n) is 6.22. The number of ketones is 1. The van der Waals surface area contributed by atoms with Crippen LogP contribution in [0.25, 0.3) is 0 Å². The van der Waals surface area contributed by atoms with E-state index in [2.05, 4.69) is 60.7 Å². The number of hydrogen-bond donors (Lipinski definition) is 0. The van der Waals surface area contributed by atoms with Crippen LogP contribution in [-0.2, 0) is 15.0 Å². The summed E-state index contributed by atoms with van der Waals surface area (Å²) in [4.78, 5) is 23.9. The summed E-state index contributed by atoms with van der Waals surface area (Å²) in [7, 11) is 0. The van der Waals surface area contributed by atoms with Gasteiger partial charge in [0.05, 0.1) is 5.41 Å². The van der Waals surface area contributed by atoms with Crippen LogP contribution in [0, 0.1) is 23.2 Å². The fourth-order valence-electron chi connectivity index (χ4n) is 4.60. The van der Waals surface area contributed by atoms with Gasteiger partial charge in [-0.1, -0.05) is 60.7 Å². The second kappa shape index (κ2) is 5.66. The average Bonchev–Trinajstić information content (AvgIpc) is 3.55. The second-order valence-electron chi connectivity index (χ2n) is 8.22. The summed E-state index contributed by atoms with van der Waals surface area (Å²) in [5.74, 6) is 1.08. The fraction of sp³-hybridized carbons (Fsp3) is 0.391. The van der Waals surface area contributed by atoms with Gasteiger partial charge in [-0.05, 0) is 49.7 Å². The largest absolute Gasteiger partial charge is 0.302 e. The van der Waals surface area contributed by atoms with Crippen molar-refractivity contribution < 1.29 is 9.59 Å². The summed E-state index contributed by atoms with van der Waals surface area (Å²) < 4.78 is 0. The Balaban J connectivity index is 1.63. The predicted molar refractivity (Wildman–Crippen MR) is 98.2 cm³/mol. The van der Waals surface area contributed by atoms with Gasteiger partial charge in [-0.25, -0.2) is 0 Å². The number of benzene rings is 2. The van der Waals surface area contributed by atoms with Gasteiger partial charge in [0.1, 0.15) is 12.1 Å². The van der Waals surface area contributed by atoms with E-state index in [4.69, 9.17) is 0 Å². The van der Waals surface area contributed by atoms with Crippen LogP contribution in [0.1, 0.15) is 37.8 Å². The molecule has 0 N–H and O–H groups in total. The third kappa shape index (κ3) is 2.55. The van der Waals surface area contributed by atoms with Crippen LogP contribution in [0.15, 0.2) is 60.7 Å². The highest BCUT2D eigenvalue weighted by molar-refractivity contribution is 6.00. The van der Waals surface area contributed by atoms with Gasteiger partial charge in [0.15, 0.2) is 0 Å². The van der Waals surface area contributed by atoms with E-state index in [9.17, 15) is 9.59 Å². The van der Waals surface area contributed by atoms with Crippen molar-refractivity contribution in [2.24, 2.45) is 23.2 Å². The van der Waals surface area contributed by atoms with Crippen molar-refractivity contribution in [3.05, 3.63) is 71.8 Å². The molecule has 2 heteroatoms. The summed E-state index contributed by atoms with van der Waals surface area (Å²) in [6.45, 7) is 3.48. The molecule has 3 atom stereocenters. The van der Waals surface area contributed by atoms with Crippen molar-refractivity contribution in [1.29, 1.82) is 0 Å². The molecule has 0 spiro atoms. The van der Waals surface area contributed by atoms with E-state index in [1.807, 2.05) is 0 Å². The molecule has 2 saturated carbocycles. The van der Waals surface area contributed by atoms with Crippen molar-refractivity contribution in [2.75, 3.05) is 0 Å². The van der Waals surface area contributed by atoms with Crippen LogP contribution in [0.4, 0.5) is 0 Å². The number of carbonyl (C=O) groups is 2. The Morgan fingerprint density at radius 2 is 1.52 bits per heavy atom. The maximum atomic E-state index is 12.7. The first-order valence-electron chi connectivity index (χ1n) is 9.12. The number of carbonyl (C=O) groups excluding carboxylic acids is 2. The Hall–Kier alpha value is -2.22. The molecule has 0 amide bonds. The van der Waals surface area contributed by atoms with Gasteiger partial charge in [-0.2, -0.15) is 0 Å². The SMILES string of the molecule is CC(C)(C=O)C(=O)C1CC1C1CC1(c1ccccc1)c1ccccc1. The Kier molecular flexibility index (Phi) is 3.68. The molecule has 4 rings (SSSR count). The van der Waals surface area contributed by atoms with Crippen LogP contribution >= 0.6 is 0 Å². The third-order valence-corrected chi connectivity index (χ3v) is 6.22. The first-order valence-corrected chi connectivity index (χ1v) is 9.12. The lowest BCUT2D eigenvalue weighted by Gasteiger charge is -2.20. The van der Waals surface area contributed by atoms with E-state index in [-0.39, 0.29) is 17.1 Å². The van der Waals surface area contributed by atoms with Crippen molar-refractivity contribution in [3.8, 4) is 0 Å². The molecule has 0 bridgehead atoms. The monoisotopic (exact) mass is 332 g/mol. The highest BCUT2D eigenvalue weighted by Crippen LogP contribution is 2.69. The van der Waals surface area contributed by atoms with Crippen LogP contribution < -0.4 is 0 Å². The first-order chi connectivity index (χ1) is 12.0. The minimum atomic E-state index is -0.851. The lowest BCUT2D eigenvalue weighted by molar-refractivity contribution is -0.133. The fourth-order valence-corrected chi connectivity index (χ4v) is 4.60. The highest BCUT2D eigenvalue weighted by atomic mass is 16.1. The van der Waals surface area contributed by atoms with Gasteiger partial charge >= 0.3 is 0 Å². The second-order valence-corrected chi connectivity index (χ2v) is 8.22. The molecule has 2 nitrogen and oxygen atoms in total. The van der Waals surface area contributed by atoms with E-state index >= 15 is 0 Å². The summed E-state index contributed by atoms with van der Waals surface area (Å²) in [5, 5.41) is 0. The quantitative estimate of drug-likeness (QED) is 0.579. The summed E-state index contributed by atoms with van der Waals surface area (Å²) >= 11 is 0. The van der Waals surface area contributed by atoms with Crippen LogP contribution in [0.3, 0.4) is 0 Å². The van der Waals surface area contributed by atoms with Crippen LogP contribution in [0.5, 0.6) is 0 Å². The molecule has 2 aromatic rings. The molecule has 2 aliphatic rings. The molecule has 0 saturated heterocycles. The van der Waals surface area contributed by atoms with E-state index in [0.717, 1.165) is 19.1 Å². The standard InChI is InChI=1S/C23H24O2/c1-22(2,15-24)21(25)19-13-18(19)20-14-23(20,16-9-5-3-6-10-16)17-11-7-4-8-12-17/h3-12,15,18-20H,13-14H2,1-2H3. The van der Waals surface area contributed by atoms with Crippen LogP contribution in [0.2, 0.25) is 0 Å². The van der Waals surface area contributed by atoms with Crippen molar-refractivity contribution in [1.82, 2.24) is 0 Å². The molecule has 3 unspecified atom stereocenters. The maximum Gasteiger partial charge on any atom is 0.148 e. The van der Waals surface area contributed by atoms with Crippen molar-refractivity contribution in [3.63, 3.8) is 0 Å². The van der Waals surface area contributed by atoms with Crippen molar-refractivity contribution >= 4 is 12.1 Å². The van der Waals surface area contributed by atoms with E-state index in [0.29, 0.717) is 11.8 Å². The van der Waals surface area contributed by atoms with E-state index in [1.165, 1.54) is 11.1 Å². The lowest BCUT2D eigenvalue weighted by atomic mass is 9.83. The molecule has 0 radical (unpaired) electrons. The number of Topliss-reactive ketones (excluding diaryl/α,β-unsaturated/α-hetero) is 1. The van der Waals surface area contributed by atoms with Gasteiger partial charge in [-0.3, -0.25) is 4.79 Å². The zero-order chi connectivity index (χ0) is 17.7. The Morgan fingerprint density at radius 1 is 1.00 bits per heavy atom. The minimum absolute atomic E-state index is 0.0353. The number of rotatable bonds is 6. The topological polar surface area (TPSA) is 34.1 Å². The molecule has 2 aliphatic carbocycles. The van der Waals surface area contributed by atoms with Gasteiger partial charge in [0, 0.05) is 11.3 Å². The maximum absolute atomic E-state index is 12.7. The molecule has 0 aromatic heterocycles. The zero-order valence-corrected chi connectivity index (χ0v) is 14.8. The first kappa shape index (κ1) is 16.3. The molecule has 25 heavy (non-hydrogen) atoms. The molecule has 2 aromatic carbocycles. The zero-order valence-electron chi connectivity index (χ0n) is 14.8. The van der Waals surface area contributed by atoms with Gasteiger partial charge in [0.2, 0.25) is 0 Å². The van der Waals surface area contributed by atoms with E-state index < -0.39 is 5.41 Å². The Morgan fingerprint density at radius 3 is 2.00 bits per heavy atom.